The van der Waals surface area contributed by atoms with Crippen LogP contribution in [-0.2, 0) is 0 Å². The van der Waals surface area contributed by atoms with E-state index < -0.39 is 12.7 Å². The first-order valence-electron chi connectivity index (χ1n) is 5.50. The molecule has 1 saturated carbocycles. The van der Waals surface area contributed by atoms with E-state index in [2.05, 4.69) is 21.2 Å². The summed E-state index contributed by atoms with van der Waals surface area (Å²) in [5.41, 5.74) is 1.19. The quantitative estimate of drug-likeness (QED) is 0.894. The topological polar surface area (TPSA) is 12.0 Å². The molecule has 2 rings (SSSR count). The maximum absolute atomic E-state index is 12.0. The summed E-state index contributed by atoms with van der Waals surface area (Å²) in [5.74, 6) is 0.372. The van der Waals surface area contributed by atoms with Crippen LogP contribution in [-0.4, -0.2) is 18.8 Å². The molecule has 1 fully saturated rings. The lowest BCUT2D eigenvalue weighted by Gasteiger charge is -2.37. The number of alkyl halides is 3. The molecule has 1 aromatic carbocycles. The number of halogens is 4. The van der Waals surface area contributed by atoms with Gasteiger partial charge in [-0.15, -0.1) is 0 Å². The average Bonchev–Trinajstić information content (AvgIpc) is 2.16. The molecule has 0 unspecified atom stereocenters. The first-order valence-corrected chi connectivity index (χ1v) is 6.29. The largest absolute Gasteiger partial charge is 0.401 e. The van der Waals surface area contributed by atoms with Gasteiger partial charge in [-0.1, -0.05) is 34.1 Å². The van der Waals surface area contributed by atoms with E-state index in [1.165, 1.54) is 5.56 Å². The van der Waals surface area contributed by atoms with Crippen molar-refractivity contribution in [1.29, 1.82) is 0 Å². The molecule has 1 aliphatic carbocycles. The Bertz CT molecular complexity index is 386. The highest BCUT2D eigenvalue weighted by atomic mass is 79.9. The van der Waals surface area contributed by atoms with Crippen LogP contribution in [0.3, 0.4) is 0 Å². The standard InChI is InChI=1S/C12H13BrF3N/c13-11-4-2-1-3-10(11)8-5-9(6-8)17-7-12(14,15)16/h1-4,8-9,17H,5-7H2. The van der Waals surface area contributed by atoms with Crippen LogP contribution < -0.4 is 5.32 Å². The van der Waals surface area contributed by atoms with Crippen molar-refractivity contribution in [2.45, 2.75) is 31.0 Å². The van der Waals surface area contributed by atoms with Gasteiger partial charge in [-0.2, -0.15) is 13.2 Å². The van der Waals surface area contributed by atoms with Crippen molar-refractivity contribution in [3.8, 4) is 0 Å². The fourth-order valence-electron chi connectivity index (χ4n) is 2.10. The molecule has 0 saturated heterocycles. The molecule has 0 spiro atoms. The third kappa shape index (κ3) is 3.45. The van der Waals surface area contributed by atoms with Crippen molar-refractivity contribution < 1.29 is 13.2 Å². The molecule has 94 valence electrons. The van der Waals surface area contributed by atoms with E-state index in [0.29, 0.717) is 5.92 Å². The van der Waals surface area contributed by atoms with Crippen molar-refractivity contribution in [2.75, 3.05) is 6.54 Å². The van der Waals surface area contributed by atoms with Crippen molar-refractivity contribution in [3.05, 3.63) is 34.3 Å². The Hall–Kier alpha value is -0.550. The van der Waals surface area contributed by atoms with Crippen LogP contribution in [0.15, 0.2) is 28.7 Å². The first kappa shape index (κ1) is 12.9. The zero-order valence-electron chi connectivity index (χ0n) is 9.10. The van der Waals surface area contributed by atoms with Crippen molar-refractivity contribution in [3.63, 3.8) is 0 Å². The Morgan fingerprint density at radius 1 is 1.24 bits per heavy atom. The maximum atomic E-state index is 12.0. The maximum Gasteiger partial charge on any atom is 0.401 e. The number of hydrogen-bond acceptors (Lipinski definition) is 1. The summed E-state index contributed by atoms with van der Waals surface area (Å²) in [6.07, 6.45) is -2.56. The molecule has 0 aromatic heterocycles. The molecule has 0 atom stereocenters. The second kappa shape index (κ2) is 4.98. The van der Waals surface area contributed by atoms with Gasteiger partial charge in [0.2, 0.25) is 0 Å². The number of hydrogen-bond donors (Lipinski definition) is 1. The van der Waals surface area contributed by atoms with Crippen LogP contribution in [0.4, 0.5) is 13.2 Å². The Balaban J connectivity index is 1.81. The van der Waals surface area contributed by atoms with E-state index in [1.54, 1.807) is 0 Å². The van der Waals surface area contributed by atoms with Crippen LogP contribution in [0.25, 0.3) is 0 Å². The van der Waals surface area contributed by atoms with Gasteiger partial charge < -0.3 is 5.32 Å². The van der Waals surface area contributed by atoms with E-state index >= 15 is 0 Å². The summed E-state index contributed by atoms with van der Waals surface area (Å²) >= 11 is 3.46. The molecular formula is C12H13BrF3N. The van der Waals surface area contributed by atoms with Gasteiger partial charge in [0.25, 0.3) is 0 Å². The first-order chi connectivity index (χ1) is 7.96. The Labute approximate surface area is 107 Å². The fraction of sp³-hybridized carbons (Fsp3) is 0.500. The van der Waals surface area contributed by atoms with E-state index in [-0.39, 0.29) is 6.04 Å². The number of nitrogens with one attached hydrogen (secondary N) is 1. The van der Waals surface area contributed by atoms with Crippen LogP contribution in [0.2, 0.25) is 0 Å². The van der Waals surface area contributed by atoms with Gasteiger partial charge in [0.05, 0.1) is 6.54 Å². The lowest BCUT2D eigenvalue weighted by Crippen LogP contribution is -2.44. The predicted molar refractivity (Wildman–Crippen MR) is 64.0 cm³/mol. The molecule has 1 nitrogen and oxygen atoms in total. The van der Waals surface area contributed by atoms with Gasteiger partial charge in [0.1, 0.15) is 0 Å². The Morgan fingerprint density at radius 3 is 2.47 bits per heavy atom. The SMILES string of the molecule is FC(F)(F)CNC1CC(c2ccccc2Br)C1. The highest BCUT2D eigenvalue weighted by molar-refractivity contribution is 9.10. The molecule has 1 aliphatic rings. The van der Waals surface area contributed by atoms with Gasteiger partial charge in [0, 0.05) is 10.5 Å². The molecule has 0 heterocycles. The minimum Gasteiger partial charge on any atom is -0.306 e. The summed E-state index contributed by atoms with van der Waals surface area (Å²) in [6, 6.07) is 7.87. The third-order valence-electron chi connectivity index (χ3n) is 3.07. The molecule has 0 amide bonds. The fourth-order valence-corrected chi connectivity index (χ4v) is 2.71. The van der Waals surface area contributed by atoms with Crippen molar-refractivity contribution in [1.82, 2.24) is 5.32 Å². The smallest absolute Gasteiger partial charge is 0.306 e. The minimum atomic E-state index is -4.11. The second-order valence-corrected chi connectivity index (χ2v) is 5.24. The van der Waals surface area contributed by atoms with Crippen LogP contribution >= 0.6 is 15.9 Å². The van der Waals surface area contributed by atoms with E-state index in [1.807, 2.05) is 24.3 Å². The van der Waals surface area contributed by atoms with E-state index in [4.69, 9.17) is 0 Å². The third-order valence-corrected chi connectivity index (χ3v) is 3.80. The minimum absolute atomic E-state index is 0.00580. The molecule has 17 heavy (non-hydrogen) atoms. The molecule has 0 bridgehead atoms. The normalized spacial score (nSPS) is 24.5. The van der Waals surface area contributed by atoms with Gasteiger partial charge >= 0.3 is 6.18 Å². The van der Waals surface area contributed by atoms with Gasteiger partial charge in [0.15, 0.2) is 0 Å². The zero-order chi connectivity index (χ0) is 12.5. The molecule has 1 aromatic rings. The summed E-state index contributed by atoms with van der Waals surface area (Å²) in [6.45, 7) is -0.889. The number of rotatable bonds is 3. The lowest BCUT2D eigenvalue weighted by molar-refractivity contribution is -0.127. The molecule has 1 N–H and O–H groups in total. The monoisotopic (exact) mass is 307 g/mol. The van der Waals surface area contributed by atoms with Crippen molar-refractivity contribution in [2.24, 2.45) is 0 Å². The summed E-state index contributed by atoms with van der Waals surface area (Å²) in [7, 11) is 0. The van der Waals surface area contributed by atoms with Crippen LogP contribution in [0.5, 0.6) is 0 Å². The lowest BCUT2D eigenvalue weighted by atomic mass is 9.76. The highest BCUT2D eigenvalue weighted by Gasteiger charge is 2.34. The number of benzene rings is 1. The van der Waals surface area contributed by atoms with Crippen LogP contribution in [0.1, 0.15) is 24.3 Å². The molecule has 5 heteroatoms. The van der Waals surface area contributed by atoms with Crippen LogP contribution in [0, 0.1) is 0 Å². The van der Waals surface area contributed by atoms with Gasteiger partial charge in [-0.3, -0.25) is 0 Å². The average molecular weight is 308 g/mol. The summed E-state index contributed by atoms with van der Waals surface area (Å²) in [4.78, 5) is 0. The van der Waals surface area contributed by atoms with Gasteiger partial charge in [-0.05, 0) is 30.4 Å². The molecule has 0 radical (unpaired) electrons. The van der Waals surface area contributed by atoms with Gasteiger partial charge in [-0.25, -0.2) is 0 Å². The Kier molecular flexibility index (Phi) is 3.78. The van der Waals surface area contributed by atoms with Crippen molar-refractivity contribution >= 4 is 15.9 Å². The summed E-state index contributed by atoms with van der Waals surface area (Å²) < 4.78 is 37.0. The zero-order valence-corrected chi connectivity index (χ0v) is 10.7. The van der Waals surface area contributed by atoms with E-state index in [0.717, 1.165) is 17.3 Å². The predicted octanol–water partition coefficient (Wildman–Crippen LogP) is 3.85. The molecular weight excluding hydrogens is 295 g/mol. The highest BCUT2D eigenvalue weighted by Crippen LogP contribution is 2.40. The second-order valence-electron chi connectivity index (χ2n) is 4.38. The van der Waals surface area contributed by atoms with E-state index in [9.17, 15) is 13.2 Å². The Morgan fingerprint density at radius 2 is 1.88 bits per heavy atom. The summed E-state index contributed by atoms with van der Waals surface area (Å²) in [5, 5.41) is 2.54. The molecule has 0 aliphatic heterocycles.